The van der Waals surface area contributed by atoms with Crippen LogP contribution in [0.5, 0.6) is 0 Å². The number of amides is 2. The van der Waals surface area contributed by atoms with Gasteiger partial charge < -0.3 is 15.1 Å². The second-order valence-electron chi connectivity index (χ2n) is 5.98. The minimum absolute atomic E-state index is 0.143. The summed E-state index contributed by atoms with van der Waals surface area (Å²) in [6.45, 7) is 2.37. The molecule has 5 nitrogen and oxygen atoms in total. The molecule has 122 valence electrons. The summed E-state index contributed by atoms with van der Waals surface area (Å²) in [5.74, 6) is 0.697. The molecule has 0 radical (unpaired) electrons. The highest BCUT2D eigenvalue weighted by molar-refractivity contribution is 5.74. The average molecular weight is 313 g/mol. The van der Waals surface area contributed by atoms with Crippen LogP contribution in [0.25, 0.3) is 0 Å². The first-order valence-corrected chi connectivity index (χ1v) is 8.29. The quantitative estimate of drug-likeness (QED) is 0.853. The van der Waals surface area contributed by atoms with Crippen molar-refractivity contribution in [3.63, 3.8) is 0 Å². The number of nitrogens with zero attached hydrogens (tertiary/aromatic N) is 1. The van der Waals surface area contributed by atoms with E-state index in [9.17, 15) is 4.79 Å². The number of carbonyl (C=O) groups excluding carboxylic acids is 1. The molecule has 2 aromatic rings. The van der Waals surface area contributed by atoms with Gasteiger partial charge in [0.25, 0.3) is 0 Å². The van der Waals surface area contributed by atoms with Crippen molar-refractivity contribution < 1.29 is 9.21 Å². The molecule has 0 spiro atoms. The van der Waals surface area contributed by atoms with E-state index in [1.807, 2.05) is 6.92 Å². The molecule has 0 fully saturated rings. The van der Waals surface area contributed by atoms with Crippen LogP contribution in [0.3, 0.4) is 0 Å². The summed E-state index contributed by atoms with van der Waals surface area (Å²) in [5.41, 5.74) is 3.51. The Bertz CT molecular complexity index is 666. The average Bonchev–Trinajstić information content (AvgIpc) is 2.93. The van der Waals surface area contributed by atoms with Gasteiger partial charge in [0.05, 0.1) is 12.2 Å². The second-order valence-corrected chi connectivity index (χ2v) is 5.98. The van der Waals surface area contributed by atoms with E-state index in [-0.39, 0.29) is 12.1 Å². The van der Waals surface area contributed by atoms with Gasteiger partial charge in [0, 0.05) is 12.5 Å². The van der Waals surface area contributed by atoms with Crippen molar-refractivity contribution in [2.75, 3.05) is 0 Å². The predicted octanol–water partition coefficient (Wildman–Crippen LogP) is 2.98. The summed E-state index contributed by atoms with van der Waals surface area (Å²) >= 11 is 0. The lowest BCUT2D eigenvalue weighted by Crippen LogP contribution is -2.42. The van der Waals surface area contributed by atoms with Gasteiger partial charge in [-0.1, -0.05) is 31.2 Å². The van der Waals surface area contributed by atoms with E-state index in [2.05, 4.69) is 39.9 Å². The van der Waals surface area contributed by atoms with Crippen molar-refractivity contribution in [2.45, 2.75) is 51.6 Å². The summed E-state index contributed by atoms with van der Waals surface area (Å²) < 4.78 is 5.27. The van der Waals surface area contributed by atoms with E-state index in [1.54, 1.807) is 6.26 Å². The van der Waals surface area contributed by atoms with Gasteiger partial charge in [-0.25, -0.2) is 9.78 Å². The van der Waals surface area contributed by atoms with Crippen LogP contribution in [0.2, 0.25) is 0 Å². The highest BCUT2D eigenvalue weighted by atomic mass is 16.3. The standard InChI is InChI=1S/C18H23N3O2/c1-2-17-20-16(12-23-17)11-19-18(22)21-15-9-5-8-13-6-3-4-7-14(13)10-15/h3-4,6-7,12,15H,2,5,8-11H2,1H3,(H2,19,21,22). The normalized spacial score (nSPS) is 17.2. The number of nitrogens with one attached hydrogen (secondary N) is 2. The van der Waals surface area contributed by atoms with Gasteiger partial charge >= 0.3 is 6.03 Å². The minimum atomic E-state index is -0.143. The number of fused-ring (bicyclic) bond motifs is 1. The Morgan fingerprint density at radius 3 is 2.96 bits per heavy atom. The maximum Gasteiger partial charge on any atom is 0.315 e. The summed E-state index contributed by atoms with van der Waals surface area (Å²) in [6, 6.07) is 8.54. The Labute approximate surface area is 136 Å². The maximum absolute atomic E-state index is 12.1. The van der Waals surface area contributed by atoms with Gasteiger partial charge in [0.15, 0.2) is 5.89 Å². The number of hydrogen-bond donors (Lipinski definition) is 2. The van der Waals surface area contributed by atoms with Gasteiger partial charge in [-0.3, -0.25) is 0 Å². The summed E-state index contributed by atoms with van der Waals surface area (Å²) in [4.78, 5) is 16.4. The first kappa shape index (κ1) is 15.6. The Morgan fingerprint density at radius 2 is 2.17 bits per heavy atom. The Kier molecular flexibility index (Phi) is 4.95. The van der Waals surface area contributed by atoms with Crippen LogP contribution in [-0.2, 0) is 25.8 Å². The van der Waals surface area contributed by atoms with Crippen molar-refractivity contribution in [3.8, 4) is 0 Å². The molecular formula is C18H23N3O2. The van der Waals surface area contributed by atoms with Gasteiger partial charge in [-0.05, 0) is 36.8 Å². The van der Waals surface area contributed by atoms with Crippen molar-refractivity contribution >= 4 is 6.03 Å². The SMILES string of the molecule is CCc1nc(CNC(=O)NC2CCCc3ccccc3C2)co1. The molecule has 0 saturated carbocycles. The third-order valence-corrected chi connectivity index (χ3v) is 4.25. The molecule has 1 aliphatic rings. The minimum Gasteiger partial charge on any atom is -0.449 e. The number of hydrogen-bond acceptors (Lipinski definition) is 3. The van der Waals surface area contributed by atoms with Crippen LogP contribution in [0.15, 0.2) is 34.9 Å². The van der Waals surface area contributed by atoms with Crippen LogP contribution >= 0.6 is 0 Å². The molecular weight excluding hydrogens is 290 g/mol. The summed E-state index contributed by atoms with van der Waals surface area (Å²) in [7, 11) is 0. The van der Waals surface area contributed by atoms with E-state index >= 15 is 0 Å². The molecule has 2 N–H and O–H groups in total. The number of benzene rings is 1. The Morgan fingerprint density at radius 1 is 1.35 bits per heavy atom. The van der Waals surface area contributed by atoms with Gasteiger partial charge in [0.2, 0.25) is 0 Å². The zero-order valence-electron chi connectivity index (χ0n) is 13.5. The third-order valence-electron chi connectivity index (χ3n) is 4.25. The number of aryl methyl sites for hydroxylation is 2. The smallest absolute Gasteiger partial charge is 0.315 e. The Hall–Kier alpha value is -2.30. The lowest BCUT2D eigenvalue weighted by atomic mass is 10.0. The zero-order valence-corrected chi connectivity index (χ0v) is 13.5. The Balaban J connectivity index is 1.51. The van der Waals surface area contributed by atoms with Crippen molar-refractivity contribution in [3.05, 3.63) is 53.2 Å². The van der Waals surface area contributed by atoms with E-state index in [1.165, 1.54) is 11.1 Å². The molecule has 1 atom stereocenters. The fourth-order valence-electron chi connectivity index (χ4n) is 3.03. The third kappa shape index (κ3) is 4.12. The molecule has 2 amide bonds. The molecule has 0 bridgehead atoms. The molecule has 1 unspecified atom stereocenters. The van der Waals surface area contributed by atoms with Crippen molar-refractivity contribution in [1.82, 2.24) is 15.6 Å². The first-order chi connectivity index (χ1) is 11.2. The van der Waals surface area contributed by atoms with Crippen LogP contribution in [0, 0.1) is 0 Å². The van der Waals surface area contributed by atoms with Crippen molar-refractivity contribution in [1.29, 1.82) is 0 Å². The summed E-state index contributed by atoms with van der Waals surface area (Å²) in [5, 5.41) is 5.94. The number of urea groups is 1. The van der Waals surface area contributed by atoms with Crippen LogP contribution in [0.1, 0.15) is 42.5 Å². The lowest BCUT2D eigenvalue weighted by Gasteiger charge is -2.17. The fraction of sp³-hybridized carbons (Fsp3) is 0.444. The molecule has 3 rings (SSSR count). The lowest BCUT2D eigenvalue weighted by molar-refractivity contribution is 0.235. The largest absolute Gasteiger partial charge is 0.449 e. The predicted molar refractivity (Wildman–Crippen MR) is 88.1 cm³/mol. The van der Waals surface area contributed by atoms with Crippen LogP contribution in [0.4, 0.5) is 4.79 Å². The first-order valence-electron chi connectivity index (χ1n) is 8.29. The molecule has 0 aliphatic heterocycles. The molecule has 1 aliphatic carbocycles. The monoisotopic (exact) mass is 313 g/mol. The highest BCUT2D eigenvalue weighted by Crippen LogP contribution is 2.20. The van der Waals surface area contributed by atoms with Crippen LogP contribution in [-0.4, -0.2) is 17.1 Å². The molecule has 1 aromatic carbocycles. The van der Waals surface area contributed by atoms with E-state index in [0.717, 1.165) is 37.8 Å². The fourth-order valence-corrected chi connectivity index (χ4v) is 3.03. The van der Waals surface area contributed by atoms with E-state index < -0.39 is 0 Å². The highest BCUT2D eigenvalue weighted by Gasteiger charge is 2.18. The van der Waals surface area contributed by atoms with Gasteiger partial charge in [-0.15, -0.1) is 0 Å². The topological polar surface area (TPSA) is 67.2 Å². The van der Waals surface area contributed by atoms with E-state index in [4.69, 9.17) is 4.42 Å². The van der Waals surface area contributed by atoms with E-state index in [0.29, 0.717) is 12.4 Å². The van der Waals surface area contributed by atoms with Crippen LogP contribution < -0.4 is 10.6 Å². The molecule has 1 aromatic heterocycles. The number of rotatable bonds is 4. The molecule has 23 heavy (non-hydrogen) atoms. The molecule has 0 saturated heterocycles. The van der Waals surface area contributed by atoms with Gasteiger partial charge in [-0.2, -0.15) is 0 Å². The molecule has 1 heterocycles. The number of aromatic nitrogens is 1. The maximum atomic E-state index is 12.1. The summed E-state index contributed by atoms with van der Waals surface area (Å²) in [6.07, 6.45) is 6.45. The zero-order chi connectivity index (χ0) is 16.1. The van der Waals surface area contributed by atoms with Gasteiger partial charge in [0.1, 0.15) is 6.26 Å². The van der Waals surface area contributed by atoms with Crippen molar-refractivity contribution in [2.24, 2.45) is 0 Å². The number of carbonyl (C=O) groups is 1. The molecule has 5 heteroatoms. The number of oxazole rings is 1. The second kappa shape index (κ2) is 7.31.